The maximum absolute atomic E-state index is 11.3. The first-order valence-corrected chi connectivity index (χ1v) is 8.49. The Morgan fingerprint density at radius 2 is 1.65 bits per heavy atom. The van der Waals surface area contributed by atoms with Gasteiger partial charge in [-0.3, -0.25) is 4.18 Å². The van der Waals surface area contributed by atoms with Gasteiger partial charge in [-0.15, -0.1) is 0 Å². The average molecular weight is 300 g/mol. The number of benzene rings is 1. The minimum atomic E-state index is -3.48. The van der Waals surface area contributed by atoms with E-state index in [1.165, 1.54) is 0 Å². The average Bonchev–Trinajstić information content (AvgIpc) is 2.40. The van der Waals surface area contributed by atoms with E-state index in [1.54, 1.807) is 7.11 Å². The highest BCUT2D eigenvalue weighted by atomic mass is 32.2. The molecule has 1 fully saturated rings. The molecule has 0 heterocycles. The summed E-state index contributed by atoms with van der Waals surface area (Å²) in [6.45, 7) is 0. The third-order valence-corrected chi connectivity index (χ3v) is 3.88. The van der Waals surface area contributed by atoms with E-state index < -0.39 is 16.2 Å². The lowest BCUT2D eigenvalue weighted by molar-refractivity contribution is 0.0262. The number of hydrogen-bond donors (Lipinski definition) is 0. The Hall–Kier alpha value is -1.27. The lowest BCUT2D eigenvalue weighted by Gasteiger charge is -2.31. The van der Waals surface area contributed by atoms with Gasteiger partial charge < -0.3 is 9.47 Å². The van der Waals surface area contributed by atoms with Crippen molar-refractivity contribution < 1.29 is 22.1 Å². The van der Waals surface area contributed by atoms with Crippen LogP contribution in [0, 0.1) is 0 Å². The summed E-state index contributed by atoms with van der Waals surface area (Å²) in [5.41, 5.74) is 0. The highest BCUT2D eigenvalue weighted by Crippen LogP contribution is 2.32. The van der Waals surface area contributed by atoms with Crippen LogP contribution in [0.4, 0.5) is 0 Å². The van der Waals surface area contributed by atoms with Crippen molar-refractivity contribution in [3.05, 3.63) is 24.3 Å². The summed E-state index contributed by atoms with van der Waals surface area (Å²) in [5, 5.41) is 0. The summed E-state index contributed by atoms with van der Waals surface area (Å²) in [4.78, 5) is 0. The van der Waals surface area contributed by atoms with Gasteiger partial charge in [0.1, 0.15) is 12.2 Å². The van der Waals surface area contributed by atoms with Crippen LogP contribution in [0.15, 0.2) is 24.3 Å². The van der Waals surface area contributed by atoms with Gasteiger partial charge in [0.15, 0.2) is 11.5 Å². The molecule has 0 saturated heterocycles. The molecule has 1 saturated carbocycles. The van der Waals surface area contributed by atoms with Crippen molar-refractivity contribution in [2.75, 3.05) is 13.4 Å². The fourth-order valence-corrected chi connectivity index (χ4v) is 3.08. The highest BCUT2D eigenvalue weighted by Gasteiger charge is 2.31. The Morgan fingerprint density at radius 1 is 1.05 bits per heavy atom. The molecule has 2 rings (SSSR count). The zero-order chi connectivity index (χ0) is 14.6. The van der Waals surface area contributed by atoms with Crippen LogP contribution in [-0.2, 0) is 14.3 Å². The minimum Gasteiger partial charge on any atom is -0.493 e. The third kappa shape index (κ3) is 4.11. The van der Waals surface area contributed by atoms with Gasteiger partial charge in [0.2, 0.25) is 0 Å². The predicted molar refractivity (Wildman–Crippen MR) is 75.6 cm³/mol. The van der Waals surface area contributed by atoms with Crippen LogP contribution in [0.2, 0.25) is 0 Å². The smallest absolute Gasteiger partial charge is 0.264 e. The Balaban J connectivity index is 2.12. The van der Waals surface area contributed by atoms with Crippen molar-refractivity contribution in [1.29, 1.82) is 0 Å². The second kappa shape index (κ2) is 6.45. The second-order valence-electron chi connectivity index (χ2n) is 4.93. The Kier molecular flexibility index (Phi) is 4.88. The van der Waals surface area contributed by atoms with Gasteiger partial charge in [0, 0.05) is 0 Å². The van der Waals surface area contributed by atoms with Gasteiger partial charge in [-0.05, 0) is 31.4 Å². The van der Waals surface area contributed by atoms with Crippen molar-refractivity contribution in [2.24, 2.45) is 0 Å². The van der Waals surface area contributed by atoms with E-state index in [-0.39, 0.29) is 6.10 Å². The molecule has 2 unspecified atom stereocenters. The molecule has 0 bridgehead atoms. The van der Waals surface area contributed by atoms with Crippen molar-refractivity contribution in [2.45, 2.75) is 37.9 Å². The van der Waals surface area contributed by atoms with Crippen LogP contribution in [0.5, 0.6) is 11.5 Å². The first kappa shape index (κ1) is 15.1. The fourth-order valence-electron chi connectivity index (χ4n) is 2.41. The zero-order valence-electron chi connectivity index (χ0n) is 11.7. The monoisotopic (exact) mass is 300 g/mol. The fraction of sp³-hybridized carbons (Fsp3) is 0.571. The lowest BCUT2D eigenvalue weighted by Crippen LogP contribution is -2.38. The van der Waals surface area contributed by atoms with E-state index in [1.807, 2.05) is 24.3 Å². The molecule has 1 aliphatic rings. The summed E-state index contributed by atoms with van der Waals surface area (Å²) in [6.07, 6.45) is 3.79. The molecule has 0 N–H and O–H groups in total. The van der Waals surface area contributed by atoms with E-state index in [9.17, 15) is 8.42 Å². The maximum Gasteiger partial charge on any atom is 0.264 e. The van der Waals surface area contributed by atoms with Crippen molar-refractivity contribution >= 4 is 10.1 Å². The number of para-hydroxylation sites is 2. The number of ether oxygens (including phenoxy) is 2. The standard InChI is InChI=1S/C14H20O5S/c1-17-11-7-3-4-8-12(11)18-13-9-5-6-10-14(13)19-20(2,15)16/h3-4,7-8,13-14H,5-6,9-10H2,1-2H3. The van der Waals surface area contributed by atoms with Crippen LogP contribution in [0.1, 0.15) is 25.7 Å². The van der Waals surface area contributed by atoms with Crippen molar-refractivity contribution in [3.63, 3.8) is 0 Å². The van der Waals surface area contributed by atoms with Crippen LogP contribution in [0.3, 0.4) is 0 Å². The minimum absolute atomic E-state index is 0.269. The van der Waals surface area contributed by atoms with Crippen molar-refractivity contribution in [1.82, 2.24) is 0 Å². The largest absolute Gasteiger partial charge is 0.493 e. The molecule has 0 spiro atoms. The van der Waals surface area contributed by atoms with Crippen LogP contribution >= 0.6 is 0 Å². The van der Waals surface area contributed by atoms with Crippen LogP contribution in [0.25, 0.3) is 0 Å². The topological polar surface area (TPSA) is 61.8 Å². The quantitative estimate of drug-likeness (QED) is 0.781. The van der Waals surface area contributed by atoms with Gasteiger partial charge in [0.05, 0.1) is 13.4 Å². The Morgan fingerprint density at radius 3 is 2.25 bits per heavy atom. The summed E-state index contributed by atoms with van der Waals surface area (Å²) >= 11 is 0. The second-order valence-corrected chi connectivity index (χ2v) is 6.53. The molecule has 1 aromatic rings. The molecular weight excluding hydrogens is 280 g/mol. The van der Waals surface area contributed by atoms with Gasteiger partial charge in [0.25, 0.3) is 10.1 Å². The number of hydrogen-bond acceptors (Lipinski definition) is 5. The zero-order valence-corrected chi connectivity index (χ0v) is 12.6. The van der Waals surface area contributed by atoms with E-state index in [0.717, 1.165) is 25.5 Å². The van der Waals surface area contributed by atoms with E-state index in [0.29, 0.717) is 17.9 Å². The highest BCUT2D eigenvalue weighted by molar-refractivity contribution is 7.86. The summed E-state index contributed by atoms with van der Waals surface area (Å²) in [7, 11) is -1.90. The molecule has 1 aliphatic carbocycles. The molecule has 5 nitrogen and oxygen atoms in total. The number of rotatable bonds is 5. The predicted octanol–water partition coefficient (Wildman–Crippen LogP) is 2.36. The third-order valence-electron chi connectivity index (χ3n) is 3.29. The van der Waals surface area contributed by atoms with E-state index >= 15 is 0 Å². The number of methoxy groups -OCH3 is 1. The van der Waals surface area contributed by atoms with Gasteiger partial charge >= 0.3 is 0 Å². The molecule has 0 aromatic heterocycles. The van der Waals surface area contributed by atoms with E-state index in [4.69, 9.17) is 13.7 Å². The molecule has 112 valence electrons. The molecule has 0 radical (unpaired) electrons. The van der Waals surface area contributed by atoms with Crippen LogP contribution in [-0.4, -0.2) is 34.0 Å². The summed E-state index contributed by atoms with van der Waals surface area (Å²) < 4.78 is 38.9. The Labute approximate surface area is 120 Å². The van der Waals surface area contributed by atoms with Gasteiger partial charge in [-0.1, -0.05) is 18.6 Å². The SMILES string of the molecule is COc1ccccc1OC1CCCCC1OS(C)(=O)=O. The molecule has 1 aromatic carbocycles. The van der Waals surface area contributed by atoms with Crippen molar-refractivity contribution in [3.8, 4) is 11.5 Å². The van der Waals surface area contributed by atoms with E-state index in [2.05, 4.69) is 0 Å². The normalized spacial score (nSPS) is 23.3. The maximum atomic E-state index is 11.3. The summed E-state index contributed by atoms with van der Waals surface area (Å²) in [5.74, 6) is 1.25. The molecular formula is C14H20O5S. The van der Waals surface area contributed by atoms with Crippen LogP contribution < -0.4 is 9.47 Å². The molecule has 0 aliphatic heterocycles. The first-order chi connectivity index (χ1) is 9.49. The molecule has 0 amide bonds. The van der Waals surface area contributed by atoms with Gasteiger partial charge in [-0.25, -0.2) is 0 Å². The summed E-state index contributed by atoms with van der Waals surface area (Å²) in [6, 6.07) is 7.33. The molecule has 6 heteroatoms. The first-order valence-electron chi connectivity index (χ1n) is 6.67. The Bertz CT molecular complexity index is 540. The molecule has 2 atom stereocenters. The lowest BCUT2D eigenvalue weighted by atomic mass is 9.95. The van der Waals surface area contributed by atoms with Gasteiger partial charge in [-0.2, -0.15) is 8.42 Å². The molecule has 20 heavy (non-hydrogen) atoms.